The van der Waals surface area contributed by atoms with Crippen LogP contribution >= 0.6 is 0 Å². The molecule has 0 saturated heterocycles. The fraction of sp³-hybridized carbons (Fsp3) is 0.455. The summed E-state index contributed by atoms with van der Waals surface area (Å²) in [6.45, 7) is 0.0421. The highest BCUT2D eigenvalue weighted by molar-refractivity contribution is 7.91. The first-order valence-corrected chi connectivity index (χ1v) is 7.10. The molecule has 1 N–H and O–H groups in total. The topological polar surface area (TPSA) is 46.2 Å². The Kier molecular flexibility index (Phi) is 5.32. The van der Waals surface area contributed by atoms with Gasteiger partial charge in [-0.25, -0.2) is 8.42 Å². The Hall–Kier alpha value is -1.38. The lowest BCUT2D eigenvalue weighted by atomic mass is 10.3. The molecule has 1 aromatic rings. The lowest BCUT2D eigenvalue weighted by molar-refractivity contribution is -0.134. The van der Waals surface area contributed by atoms with Crippen molar-refractivity contribution in [1.29, 1.82) is 0 Å². The maximum absolute atomic E-state index is 12.2. The molecule has 9 heteroatoms. The number of hydrogen-bond acceptors (Lipinski definition) is 3. The molecular formula is C11H12F5NO2S. The molecule has 0 spiro atoms. The van der Waals surface area contributed by atoms with Crippen LogP contribution in [0.4, 0.5) is 27.6 Å². The number of nitrogens with one attached hydrogen (secondary N) is 1. The van der Waals surface area contributed by atoms with Crippen LogP contribution in [-0.2, 0) is 9.84 Å². The third kappa shape index (κ3) is 4.95. The predicted octanol–water partition coefficient (Wildman–Crippen LogP) is 3.44. The summed E-state index contributed by atoms with van der Waals surface area (Å²) in [5, 5.41) is 2.64. The molecule has 0 unspecified atom stereocenters. The van der Waals surface area contributed by atoms with Crippen molar-refractivity contribution in [2.45, 2.75) is 29.7 Å². The fourth-order valence-corrected chi connectivity index (χ4v) is 2.11. The normalized spacial score (nSPS) is 12.7. The van der Waals surface area contributed by atoms with Crippen LogP contribution in [-0.4, -0.2) is 26.9 Å². The zero-order valence-electron chi connectivity index (χ0n) is 10.1. The summed E-state index contributed by atoms with van der Waals surface area (Å²) < 4.78 is 82.4. The van der Waals surface area contributed by atoms with Gasteiger partial charge in [0.25, 0.3) is 0 Å². The van der Waals surface area contributed by atoms with E-state index >= 15 is 0 Å². The van der Waals surface area contributed by atoms with Gasteiger partial charge in [-0.2, -0.15) is 22.0 Å². The van der Waals surface area contributed by atoms with Crippen LogP contribution < -0.4 is 5.32 Å². The van der Waals surface area contributed by atoms with Crippen molar-refractivity contribution in [3.05, 3.63) is 24.3 Å². The quantitative estimate of drug-likeness (QED) is 0.646. The summed E-state index contributed by atoms with van der Waals surface area (Å²) in [4.78, 5) is -0.534. The molecule has 0 radical (unpaired) electrons. The van der Waals surface area contributed by atoms with Gasteiger partial charge in [-0.1, -0.05) is 0 Å². The molecule has 1 rings (SSSR count). The molecule has 20 heavy (non-hydrogen) atoms. The van der Waals surface area contributed by atoms with E-state index in [0.29, 0.717) is 5.69 Å². The van der Waals surface area contributed by atoms with E-state index in [0.717, 1.165) is 12.1 Å². The molecule has 1 aromatic carbocycles. The molecule has 0 aliphatic carbocycles. The third-order valence-electron chi connectivity index (χ3n) is 2.38. The van der Waals surface area contributed by atoms with Crippen molar-refractivity contribution in [1.82, 2.24) is 0 Å². The third-order valence-corrected chi connectivity index (χ3v) is 3.78. The van der Waals surface area contributed by atoms with Gasteiger partial charge in [0.15, 0.2) is 0 Å². The Balaban J connectivity index is 2.56. The first-order valence-electron chi connectivity index (χ1n) is 5.56. The maximum Gasteiger partial charge on any atom is 0.389 e. The summed E-state index contributed by atoms with van der Waals surface area (Å²) in [5.74, 6) is -3.51. The summed E-state index contributed by atoms with van der Waals surface area (Å²) in [7, 11) is -4.65. The fourth-order valence-electron chi connectivity index (χ4n) is 1.39. The highest BCUT2D eigenvalue weighted by atomic mass is 32.2. The van der Waals surface area contributed by atoms with Crippen molar-refractivity contribution < 1.29 is 30.4 Å². The number of anilines is 1. The average molecular weight is 317 g/mol. The highest BCUT2D eigenvalue weighted by Crippen LogP contribution is 2.22. The summed E-state index contributed by atoms with van der Waals surface area (Å²) in [5.41, 5.74) is 0.361. The Bertz CT molecular complexity index is 525. The Labute approximate surface area is 112 Å². The number of alkyl halides is 5. The lowest BCUT2D eigenvalue weighted by Crippen LogP contribution is -2.12. The number of benzene rings is 1. The molecule has 3 nitrogen and oxygen atoms in total. The van der Waals surface area contributed by atoms with Gasteiger partial charge in [-0.15, -0.1) is 0 Å². The number of sulfone groups is 1. The molecule has 0 amide bonds. The minimum atomic E-state index is -4.65. The second-order valence-electron chi connectivity index (χ2n) is 3.98. The van der Waals surface area contributed by atoms with E-state index < -0.39 is 33.1 Å². The van der Waals surface area contributed by atoms with E-state index in [1.165, 1.54) is 12.1 Å². The zero-order chi connectivity index (χ0) is 15.4. The minimum absolute atomic E-state index is 0.0421. The molecule has 0 bridgehead atoms. The van der Waals surface area contributed by atoms with E-state index in [1.807, 2.05) is 0 Å². The second-order valence-corrected chi connectivity index (χ2v) is 5.89. The van der Waals surface area contributed by atoms with Gasteiger partial charge < -0.3 is 5.32 Å². The predicted molar refractivity (Wildman–Crippen MR) is 63.4 cm³/mol. The van der Waals surface area contributed by atoms with Crippen molar-refractivity contribution >= 4 is 15.5 Å². The van der Waals surface area contributed by atoms with Crippen molar-refractivity contribution in [2.24, 2.45) is 0 Å². The molecule has 114 valence electrons. The largest absolute Gasteiger partial charge is 0.389 e. The summed E-state index contributed by atoms with van der Waals surface area (Å²) in [6, 6.07) is 4.41. The van der Waals surface area contributed by atoms with Gasteiger partial charge in [0.2, 0.25) is 9.84 Å². The van der Waals surface area contributed by atoms with Gasteiger partial charge in [0.1, 0.15) is 0 Å². The molecule has 0 saturated carbocycles. The van der Waals surface area contributed by atoms with Crippen LogP contribution in [0.1, 0.15) is 12.8 Å². The van der Waals surface area contributed by atoms with E-state index in [-0.39, 0.29) is 13.0 Å². The number of hydrogen-bond donors (Lipinski definition) is 1. The van der Waals surface area contributed by atoms with Crippen LogP contribution in [0, 0.1) is 0 Å². The first kappa shape index (κ1) is 16.7. The van der Waals surface area contributed by atoms with Gasteiger partial charge in [-0.3, -0.25) is 0 Å². The second kappa shape index (κ2) is 6.38. The van der Waals surface area contributed by atoms with Crippen molar-refractivity contribution in [2.75, 3.05) is 11.9 Å². The summed E-state index contributed by atoms with van der Waals surface area (Å²) in [6.07, 6.45) is -5.30. The molecule has 0 aliphatic heterocycles. The molecule has 0 heterocycles. The van der Waals surface area contributed by atoms with E-state index in [9.17, 15) is 30.4 Å². The Morgan fingerprint density at radius 3 is 2.10 bits per heavy atom. The van der Waals surface area contributed by atoms with Crippen LogP contribution in [0.5, 0.6) is 0 Å². The SMILES string of the molecule is O=S(=O)(c1ccc(NCCCC(F)(F)F)cc1)C(F)F. The van der Waals surface area contributed by atoms with Crippen LogP contribution in [0.3, 0.4) is 0 Å². The zero-order valence-corrected chi connectivity index (χ0v) is 10.9. The van der Waals surface area contributed by atoms with E-state index in [1.54, 1.807) is 0 Å². The van der Waals surface area contributed by atoms with Gasteiger partial charge in [0.05, 0.1) is 4.90 Å². The van der Waals surface area contributed by atoms with Crippen LogP contribution in [0.25, 0.3) is 0 Å². The molecule has 0 aromatic heterocycles. The van der Waals surface area contributed by atoms with E-state index in [4.69, 9.17) is 0 Å². The Morgan fingerprint density at radius 2 is 1.65 bits per heavy atom. The van der Waals surface area contributed by atoms with Gasteiger partial charge in [0, 0.05) is 18.7 Å². The Morgan fingerprint density at radius 1 is 1.10 bits per heavy atom. The van der Waals surface area contributed by atoms with Crippen molar-refractivity contribution in [3.8, 4) is 0 Å². The number of halogens is 5. The standard InChI is InChI=1S/C11H12F5NO2S/c12-10(13)20(18,19)9-4-2-8(3-5-9)17-7-1-6-11(14,15)16/h2-5,10,17H,1,6-7H2. The highest BCUT2D eigenvalue weighted by Gasteiger charge is 2.27. The number of rotatable bonds is 6. The molecule has 0 aliphatic rings. The van der Waals surface area contributed by atoms with E-state index in [2.05, 4.69) is 5.32 Å². The van der Waals surface area contributed by atoms with Gasteiger partial charge in [-0.05, 0) is 30.7 Å². The minimum Gasteiger partial charge on any atom is -0.385 e. The van der Waals surface area contributed by atoms with Gasteiger partial charge >= 0.3 is 11.9 Å². The molecule has 0 fully saturated rings. The van der Waals surface area contributed by atoms with Crippen LogP contribution in [0.2, 0.25) is 0 Å². The first-order chi connectivity index (χ1) is 9.13. The van der Waals surface area contributed by atoms with Crippen molar-refractivity contribution in [3.63, 3.8) is 0 Å². The maximum atomic E-state index is 12.2. The molecular weight excluding hydrogens is 305 g/mol. The lowest BCUT2D eigenvalue weighted by Gasteiger charge is -2.09. The average Bonchev–Trinajstić information content (AvgIpc) is 2.34. The molecule has 0 atom stereocenters. The smallest absolute Gasteiger partial charge is 0.385 e. The monoisotopic (exact) mass is 317 g/mol. The van der Waals surface area contributed by atoms with Crippen LogP contribution in [0.15, 0.2) is 29.2 Å². The summed E-state index contributed by atoms with van der Waals surface area (Å²) >= 11 is 0.